The van der Waals surface area contributed by atoms with E-state index in [1.807, 2.05) is 0 Å². The van der Waals surface area contributed by atoms with Crippen molar-refractivity contribution in [1.29, 1.82) is 0 Å². The third kappa shape index (κ3) is 7.35. The van der Waals surface area contributed by atoms with Crippen LogP contribution < -0.4 is 15.0 Å². The Kier molecular flexibility index (Phi) is 9.16. The van der Waals surface area contributed by atoms with Gasteiger partial charge >= 0.3 is 0 Å². The lowest BCUT2D eigenvalue weighted by molar-refractivity contribution is 0.281. The van der Waals surface area contributed by atoms with Crippen molar-refractivity contribution in [1.82, 2.24) is 19.8 Å². The third-order valence-corrected chi connectivity index (χ3v) is 8.02. The zero-order valence-corrected chi connectivity index (χ0v) is 23.1. The van der Waals surface area contributed by atoms with Gasteiger partial charge in [0.05, 0.1) is 12.3 Å². The molecule has 3 heterocycles. The van der Waals surface area contributed by atoms with Gasteiger partial charge in [-0.15, -0.1) is 0 Å². The molecule has 2 aliphatic heterocycles. The fraction of sp³-hybridized carbons (Fsp3) is 0.667. The molecule has 1 aliphatic carbocycles. The summed E-state index contributed by atoms with van der Waals surface area (Å²) in [6, 6.07) is 9.05. The average Bonchev–Trinajstić information content (AvgIpc) is 3.16. The van der Waals surface area contributed by atoms with Gasteiger partial charge in [-0.25, -0.2) is 4.98 Å². The van der Waals surface area contributed by atoms with Gasteiger partial charge < -0.3 is 19.9 Å². The molecule has 0 bridgehead atoms. The van der Waals surface area contributed by atoms with Crippen LogP contribution in [0.1, 0.15) is 68.2 Å². The van der Waals surface area contributed by atoms with Crippen molar-refractivity contribution in [2.24, 2.45) is 0 Å². The van der Waals surface area contributed by atoms with Gasteiger partial charge in [0.1, 0.15) is 11.6 Å². The number of hydrogen-bond donors (Lipinski definition) is 1. The van der Waals surface area contributed by atoms with Crippen molar-refractivity contribution in [3.8, 4) is 5.75 Å². The van der Waals surface area contributed by atoms with Crippen LogP contribution in [-0.4, -0.2) is 79.2 Å². The minimum atomic E-state index is 0.401. The number of hydrogen-bond acceptors (Lipinski definition) is 7. The smallest absolute Gasteiger partial charge is 0.225 e. The molecule has 1 N–H and O–H groups in total. The lowest BCUT2D eigenvalue weighted by Gasteiger charge is -2.28. The van der Waals surface area contributed by atoms with E-state index in [1.165, 1.54) is 61.2 Å². The van der Waals surface area contributed by atoms with E-state index in [9.17, 15) is 0 Å². The molecule has 0 amide bonds. The van der Waals surface area contributed by atoms with Crippen LogP contribution >= 0.6 is 0 Å². The first-order chi connectivity index (χ1) is 18.1. The minimum Gasteiger partial charge on any atom is -0.494 e. The van der Waals surface area contributed by atoms with E-state index in [0.717, 1.165) is 83.3 Å². The number of fused-ring (bicyclic) bond motifs is 1. The number of likely N-dealkylation sites (tertiary alicyclic amines) is 1. The van der Waals surface area contributed by atoms with Gasteiger partial charge in [-0.1, -0.05) is 25.0 Å². The summed E-state index contributed by atoms with van der Waals surface area (Å²) in [6.45, 7) is 7.20. The molecule has 2 saturated heterocycles. The van der Waals surface area contributed by atoms with E-state index in [1.54, 1.807) is 0 Å². The van der Waals surface area contributed by atoms with Crippen LogP contribution in [0.5, 0.6) is 5.75 Å². The van der Waals surface area contributed by atoms with E-state index in [-0.39, 0.29) is 0 Å². The molecule has 7 heteroatoms. The Morgan fingerprint density at radius 3 is 2.51 bits per heavy atom. The Morgan fingerprint density at radius 2 is 1.73 bits per heavy atom. The van der Waals surface area contributed by atoms with E-state index >= 15 is 0 Å². The van der Waals surface area contributed by atoms with Crippen molar-refractivity contribution < 1.29 is 4.74 Å². The van der Waals surface area contributed by atoms with Gasteiger partial charge in [0.15, 0.2) is 0 Å². The highest BCUT2D eigenvalue weighted by atomic mass is 16.5. The highest BCUT2D eigenvalue weighted by molar-refractivity contribution is 5.54. The highest BCUT2D eigenvalue weighted by Crippen LogP contribution is 2.31. The molecule has 2 fully saturated rings. The number of nitrogens with zero attached hydrogens (tertiary/aromatic N) is 5. The van der Waals surface area contributed by atoms with Crippen LogP contribution in [-0.2, 0) is 19.4 Å². The molecule has 2 aromatic rings. The van der Waals surface area contributed by atoms with Gasteiger partial charge in [0, 0.05) is 50.9 Å². The van der Waals surface area contributed by atoms with E-state index in [4.69, 9.17) is 14.7 Å². The third-order valence-electron chi connectivity index (χ3n) is 8.02. The fourth-order valence-corrected chi connectivity index (χ4v) is 5.98. The summed E-state index contributed by atoms with van der Waals surface area (Å²) in [5, 5.41) is 3.73. The first kappa shape index (κ1) is 26.2. The molecule has 7 nitrogen and oxygen atoms in total. The normalized spacial score (nSPS) is 20.6. The van der Waals surface area contributed by atoms with Crippen LogP contribution in [0.2, 0.25) is 0 Å². The van der Waals surface area contributed by atoms with Crippen molar-refractivity contribution >= 4 is 11.8 Å². The van der Waals surface area contributed by atoms with Crippen LogP contribution in [0.4, 0.5) is 11.8 Å². The Balaban J connectivity index is 1.16. The predicted octanol–water partition coefficient (Wildman–Crippen LogP) is 4.75. The molecule has 37 heavy (non-hydrogen) atoms. The summed E-state index contributed by atoms with van der Waals surface area (Å²) in [7, 11) is 4.20. The van der Waals surface area contributed by atoms with Gasteiger partial charge in [-0.2, -0.15) is 4.98 Å². The quantitative estimate of drug-likeness (QED) is 0.467. The first-order valence-electron chi connectivity index (χ1n) is 14.6. The van der Waals surface area contributed by atoms with Crippen LogP contribution in [0.3, 0.4) is 0 Å². The summed E-state index contributed by atoms with van der Waals surface area (Å²) < 4.78 is 5.90. The van der Waals surface area contributed by atoms with E-state index < -0.39 is 0 Å². The van der Waals surface area contributed by atoms with Crippen LogP contribution in [0, 0.1) is 0 Å². The first-order valence-corrected chi connectivity index (χ1v) is 14.6. The number of benzene rings is 1. The minimum absolute atomic E-state index is 0.401. The Morgan fingerprint density at radius 1 is 0.946 bits per heavy atom. The molecule has 1 aromatic carbocycles. The number of nitrogens with one attached hydrogen (secondary N) is 1. The van der Waals surface area contributed by atoms with Crippen molar-refractivity contribution in [3.05, 3.63) is 41.1 Å². The van der Waals surface area contributed by atoms with E-state index in [2.05, 4.69) is 58.4 Å². The number of aromatic nitrogens is 2. The Labute approximate surface area is 223 Å². The van der Waals surface area contributed by atoms with Crippen molar-refractivity contribution in [3.63, 3.8) is 0 Å². The van der Waals surface area contributed by atoms with E-state index in [0.29, 0.717) is 6.04 Å². The highest BCUT2D eigenvalue weighted by Gasteiger charge is 2.26. The second-order valence-corrected chi connectivity index (χ2v) is 11.4. The summed E-state index contributed by atoms with van der Waals surface area (Å²) in [4.78, 5) is 17.5. The molecular formula is C30H46N6O. The molecule has 202 valence electrons. The topological polar surface area (TPSA) is 56.8 Å². The monoisotopic (exact) mass is 506 g/mol. The summed E-state index contributed by atoms with van der Waals surface area (Å²) in [6.07, 6.45) is 12.2. The maximum atomic E-state index is 5.90. The molecule has 1 atom stereocenters. The number of rotatable bonds is 10. The van der Waals surface area contributed by atoms with Gasteiger partial charge in [0.25, 0.3) is 0 Å². The molecular weight excluding hydrogens is 460 g/mol. The fourth-order valence-electron chi connectivity index (χ4n) is 5.98. The van der Waals surface area contributed by atoms with Gasteiger partial charge in [0.2, 0.25) is 5.95 Å². The van der Waals surface area contributed by atoms with Crippen molar-refractivity contribution in [2.75, 3.05) is 63.6 Å². The predicted molar refractivity (Wildman–Crippen MR) is 152 cm³/mol. The number of aryl methyl sites for hydroxylation is 1. The second-order valence-electron chi connectivity index (χ2n) is 11.4. The zero-order chi connectivity index (χ0) is 25.5. The molecule has 1 unspecified atom stereocenters. The largest absolute Gasteiger partial charge is 0.494 e. The molecule has 0 saturated carbocycles. The van der Waals surface area contributed by atoms with Crippen LogP contribution in [0.25, 0.3) is 0 Å². The standard InChI is InChI=1S/C30H46N6O/c1-34(2)17-9-21-37-26-14-12-24(13-15-26)22-35-20-16-25(23-35)31-30-32-28-11-6-5-10-27(28)29(33-30)36-18-7-3-4-8-19-36/h12-15,25H,3-11,16-23H2,1-2H3,(H,31,32,33). The second kappa shape index (κ2) is 12.9. The molecule has 0 radical (unpaired) electrons. The molecule has 0 spiro atoms. The SMILES string of the molecule is CN(C)CCCOc1ccc(CN2CCC(Nc3nc4c(c(N5CCCCCC5)n3)CCCC4)C2)cc1. The Bertz CT molecular complexity index is 986. The lowest BCUT2D eigenvalue weighted by atomic mass is 9.96. The summed E-state index contributed by atoms with van der Waals surface area (Å²) in [5.74, 6) is 3.05. The lowest BCUT2D eigenvalue weighted by Crippen LogP contribution is -2.30. The molecule has 1 aromatic heterocycles. The Hall–Kier alpha value is -2.38. The van der Waals surface area contributed by atoms with Crippen molar-refractivity contribution in [2.45, 2.75) is 76.8 Å². The maximum absolute atomic E-state index is 5.90. The molecule has 3 aliphatic rings. The maximum Gasteiger partial charge on any atom is 0.225 e. The summed E-state index contributed by atoms with van der Waals surface area (Å²) >= 11 is 0. The van der Waals surface area contributed by atoms with Crippen LogP contribution in [0.15, 0.2) is 24.3 Å². The van der Waals surface area contributed by atoms with Gasteiger partial charge in [-0.3, -0.25) is 4.90 Å². The average molecular weight is 507 g/mol. The zero-order valence-electron chi connectivity index (χ0n) is 23.1. The number of anilines is 2. The molecule has 5 rings (SSSR count). The van der Waals surface area contributed by atoms with Gasteiger partial charge in [-0.05, 0) is 83.2 Å². The summed E-state index contributed by atoms with van der Waals surface area (Å²) in [5.41, 5.74) is 4.06. The number of ether oxygens (including phenoxy) is 1.